The largest absolute Gasteiger partial charge is 0.444 e. The van der Waals surface area contributed by atoms with E-state index in [1.54, 1.807) is 82.4 Å². The van der Waals surface area contributed by atoms with Gasteiger partial charge in [-0.05, 0) is 74.7 Å². The predicted molar refractivity (Wildman–Crippen MR) is 213 cm³/mol. The van der Waals surface area contributed by atoms with Gasteiger partial charge in [-0.3, -0.25) is 20.2 Å². The van der Waals surface area contributed by atoms with Gasteiger partial charge in [-0.25, -0.2) is 14.8 Å². The molecule has 2 aromatic carbocycles. The van der Waals surface area contributed by atoms with Crippen LogP contribution in [-0.4, -0.2) is 50.5 Å². The van der Waals surface area contributed by atoms with Gasteiger partial charge in [0.15, 0.2) is 0 Å². The summed E-state index contributed by atoms with van der Waals surface area (Å²) < 4.78 is 5.54. The second kappa shape index (κ2) is 17.8. The molecule has 1 N–H and O–H groups in total. The van der Waals surface area contributed by atoms with Gasteiger partial charge in [0.05, 0.1) is 43.1 Å². The highest BCUT2D eigenvalue weighted by Gasteiger charge is 2.29. The molecule has 0 saturated heterocycles. The van der Waals surface area contributed by atoms with Gasteiger partial charge in [-0.1, -0.05) is 36.4 Å². The van der Waals surface area contributed by atoms with Gasteiger partial charge in [0.25, 0.3) is 11.4 Å². The van der Waals surface area contributed by atoms with Crippen LogP contribution in [0, 0.1) is 20.2 Å². The molecular formula is C37H38N6O6S4. The van der Waals surface area contributed by atoms with E-state index in [0.717, 1.165) is 43.8 Å². The van der Waals surface area contributed by atoms with Gasteiger partial charge in [-0.15, -0.1) is 45.3 Å². The van der Waals surface area contributed by atoms with Gasteiger partial charge in [0.2, 0.25) is 0 Å². The van der Waals surface area contributed by atoms with Gasteiger partial charge in [-0.2, -0.15) is 0 Å². The lowest BCUT2D eigenvalue weighted by atomic mass is 10.0. The number of amides is 1. The van der Waals surface area contributed by atoms with Crippen LogP contribution in [0.2, 0.25) is 0 Å². The molecule has 6 rings (SSSR count). The number of rotatable bonds is 12. The molecule has 276 valence electrons. The fourth-order valence-electron chi connectivity index (χ4n) is 5.13. The van der Waals surface area contributed by atoms with E-state index in [0.29, 0.717) is 6.42 Å². The van der Waals surface area contributed by atoms with Crippen molar-refractivity contribution in [2.75, 3.05) is 14.1 Å². The number of thiazole rings is 2. The Morgan fingerprint density at radius 2 is 1.25 bits per heavy atom. The quantitative estimate of drug-likeness (QED) is 0.0942. The van der Waals surface area contributed by atoms with E-state index in [4.69, 9.17) is 14.7 Å². The lowest BCUT2D eigenvalue weighted by Gasteiger charge is -2.30. The lowest BCUT2D eigenvalue weighted by Crippen LogP contribution is -2.37. The number of hydrogen-bond donors (Lipinski definition) is 1. The average Bonchev–Trinajstić information content (AvgIpc) is 3.97. The first-order chi connectivity index (χ1) is 25.3. The monoisotopic (exact) mass is 790 g/mol. The highest BCUT2D eigenvalue weighted by atomic mass is 32.1. The third-order valence-electron chi connectivity index (χ3n) is 7.87. The molecule has 0 aliphatic carbocycles. The first kappa shape index (κ1) is 39.3. The highest BCUT2D eigenvalue weighted by Crippen LogP contribution is 2.34. The Kier molecular flexibility index (Phi) is 13.2. The molecule has 0 fully saturated rings. The lowest BCUT2D eigenvalue weighted by molar-refractivity contribution is -0.385. The summed E-state index contributed by atoms with van der Waals surface area (Å²) in [5, 5.41) is 34.9. The molecule has 0 radical (unpaired) electrons. The number of nitrogens with one attached hydrogen (secondary N) is 1. The van der Waals surface area contributed by atoms with Gasteiger partial charge < -0.3 is 15.0 Å². The van der Waals surface area contributed by atoms with E-state index >= 15 is 0 Å². The Balaban J connectivity index is 0.000000211. The standard InChI is InChI=1S/C21H23N3O4S2.C16H15N3O2S2/c1-21(2,3)28-20(25)23(4)17(12-14-7-9-15(10-8-14)24(26)27)16-13-30-19(22-16)18-6-5-11-29-18;1-17-13(9-11-4-6-12(7-5-11)19(20)21)14-10-23-16(18-14)15-3-2-8-22-15/h5-11,13,17H,12H2,1-4H3;2-8,10,13,17H,9H2,1H3/t17-;13-/m00/s1. The van der Waals surface area contributed by atoms with Crippen molar-refractivity contribution < 1.29 is 19.4 Å². The number of non-ortho nitro benzene ring substituents is 2. The third kappa shape index (κ3) is 10.8. The average molecular weight is 791 g/mol. The molecule has 4 aromatic heterocycles. The number of nitrogens with zero attached hydrogens (tertiary/aromatic N) is 5. The number of aromatic nitrogens is 2. The Morgan fingerprint density at radius 1 is 0.774 bits per heavy atom. The molecule has 0 aliphatic heterocycles. The molecule has 0 bridgehead atoms. The number of thiophene rings is 2. The zero-order chi connectivity index (χ0) is 38.1. The molecule has 1 amide bonds. The number of ether oxygens (including phenoxy) is 1. The summed E-state index contributed by atoms with van der Waals surface area (Å²) in [7, 11) is 3.59. The van der Waals surface area contributed by atoms with E-state index in [-0.39, 0.29) is 28.4 Å². The van der Waals surface area contributed by atoms with E-state index in [2.05, 4.69) is 16.8 Å². The molecule has 6 aromatic rings. The number of likely N-dealkylation sites (N-methyl/N-ethyl adjacent to an activating group) is 2. The van der Waals surface area contributed by atoms with Gasteiger partial charge in [0, 0.05) is 42.1 Å². The fourth-order valence-corrected chi connectivity index (χ4v) is 8.50. The number of nitro groups is 2. The van der Waals surface area contributed by atoms with E-state index in [1.807, 2.05) is 62.2 Å². The van der Waals surface area contributed by atoms with Crippen molar-refractivity contribution in [3.8, 4) is 19.8 Å². The smallest absolute Gasteiger partial charge is 0.410 e. The van der Waals surface area contributed by atoms with Crippen molar-refractivity contribution >= 4 is 62.8 Å². The number of carbonyl (C=O) groups is 1. The zero-order valence-corrected chi connectivity index (χ0v) is 32.9. The second-order valence-corrected chi connectivity index (χ2v) is 16.4. The predicted octanol–water partition coefficient (Wildman–Crippen LogP) is 10.2. The minimum Gasteiger partial charge on any atom is -0.444 e. The van der Waals surface area contributed by atoms with Gasteiger partial charge >= 0.3 is 6.09 Å². The Labute approximate surface area is 323 Å². The van der Waals surface area contributed by atoms with Crippen molar-refractivity contribution in [2.45, 2.75) is 51.3 Å². The molecule has 0 unspecified atom stereocenters. The summed E-state index contributed by atoms with van der Waals surface area (Å²) in [6.07, 6.45) is 0.754. The number of nitro benzene ring substituents is 2. The maximum Gasteiger partial charge on any atom is 0.410 e. The molecule has 16 heteroatoms. The summed E-state index contributed by atoms with van der Waals surface area (Å²) in [5.74, 6) is 0. The van der Waals surface area contributed by atoms with Crippen molar-refractivity contribution in [2.24, 2.45) is 0 Å². The van der Waals surface area contributed by atoms with Crippen molar-refractivity contribution in [3.63, 3.8) is 0 Å². The zero-order valence-electron chi connectivity index (χ0n) is 29.6. The Hall–Kier alpha value is -4.87. The Bertz CT molecular complexity index is 2090. The van der Waals surface area contributed by atoms with Crippen molar-refractivity contribution in [3.05, 3.63) is 137 Å². The van der Waals surface area contributed by atoms with Crippen LogP contribution in [0.4, 0.5) is 16.2 Å². The summed E-state index contributed by atoms with van der Waals surface area (Å²) in [6.45, 7) is 5.46. The van der Waals surface area contributed by atoms with Gasteiger partial charge in [0.1, 0.15) is 15.6 Å². The maximum atomic E-state index is 12.7. The van der Waals surface area contributed by atoms with E-state index in [1.165, 1.54) is 28.3 Å². The third-order valence-corrected chi connectivity index (χ3v) is 11.7. The molecule has 12 nitrogen and oxygen atoms in total. The summed E-state index contributed by atoms with van der Waals surface area (Å²) in [4.78, 5) is 46.8. The maximum absolute atomic E-state index is 12.7. The van der Waals surface area contributed by atoms with Crippen LogP contribution in [0.1, 0.15) is 55.4 Å². The van der Waals surface area contributed by atoms with Crippen LogP contribution in [-0.2, 0) is 17.6 Å². The van der Waals surface area contributed by atoms with Crippen LogP contribution >= 0.6 is 45.3 Å². The van der Waals surface area contributed by atoms with Crippen molar-refractivity contribution in [1.82, 2.24) is 20.2 Å². The highest BCUT2D eigenvalue weighted by molar-refractivity contribution is 7.20. The minimum atomic E-state index is -0.618. The van der Waals surface area contributed by atoms with E-state index in [9.17, 15) is 25.0 Å². The fraction of sp³-hybridized carbons (Fsp3) is 0.270. The second-order valence-electron chi connectivity index (χ2n) is 12.8. The molecule has 0 aliphatic rings. The van der Waals surface area contributed by atoms with Crippen molar-refractivity contribution in [1.29, 1.82) is 0 Å². The number of benzene rings is 2. The van der Waals surface area contributed by atoms with Crippen LogP contribution in [0.25, 0.3) is 19.8 Å². The first-order valence-corrected chi connectivity index (χ1v) is 19.9. The number of hydrogen-bond acceptors (Lipinski definition) is 13. The first-order valence-electron chi connectivity index (χ1n) is 16.4. The molecule has 53 heavy (non-hydrogen) atoms. The van der Waals surface area contributed by atoms with E-state index < -0.39 is 16.6 Å². The molecule has 0 spiro atoms. The topological polar surface area (TPSA) is 154 Å². The summed E-state index contributed by atoms with van der Waals surface area (Å²) in [6, 6.07) is 20.8. The van der Waals surface area contributed by atoms with Crippen LogP contribution in [0.15, 0.2) is 94.3 Å². The minimum absolute atomic E-state index is 0.0319. The molecule has 4 heterocycles. The SMILES string of the molecule is CN(C(=O)OC(C)(C)C)[C@@H](Cc1ccc([N+](=O)[O-])cc1)c1csc(-c2cccs2)n1.CN[C@@H](Cc1ccc([N+](=O)[O-])cc1)c1csc(-c2cccs2)n1. The molecular weight excluding hydrogens is 753 g/mol. The molecule has 2 atom stereocenters. The molecule has 0 saturated carbocycles. The van der Waals surface area contributed by atoms with Crippen LogP contribution in [0.3, 0.4) is 0 Å². The normalized spacial score (nSPS) is 12.3. The summed E-state index contributed by atoms with van der Waals surface area (Å²) in [5.41, 5.74) is 3.20. The van der Waals surface area contributed by atoms with Crippen LogP contribution < -0.4 is 5.32 Å². The summed E-state index contributed by atoms with van der Waals surface area (Å²) >= 11 is 6.46. The van der Waals surface area contributed by atoms with Crippen LogP contribution in [0.5, 0.6) is 0 Å². The Morgan fingerprint density at radius 3 is 1.68 bits per heavy atom. The number of carbonyl (C=O) groups excluding carboxylic acids is 1.